The SMILES string of the molecule is O=C(O)Cn1cc(S(=O)(=O)N2CC3CCC(O)C3C2)cn1. The highest BCUT2D eigenvalue weighted by Crippen LogP contribution is 2.39. The summed E-state index contributed by atoms with van der Waals surface area (Å²) in [5.41, 5.74) is 0. The highest BCUT2D eigenvalue weighted by Gasteiger charge is 2.45. The molecule has 2 aliphatic rings. The van der Waals surface area contributed by atoms with E-state index in [4.69, 9.17) is 5.11 Å². The second-order valence-corrected chi connectivity index (χ2v) is 7.60. The van der Waals surface area contributed by atoms with Crippen molar-refractivity contribution in [2.45, 2.75) is 30.4 Å². The van der Waals surface area contributed by atoms with Crippen LogP contribution in [0.1, 0.15) is 12.8 Å². The van der Waals surface area contributed by atoms with Gasteiger partial charge in [0.1, 0.15) is 11.4 Å². The Kier molecular flexibility index (Phi) is 3.50. The van der Waals surface area contributed by atoms with Crippen LogP contribution in [0.4, 0.5) is 0 Å². The standard InChI is InChI=1S/C12H17N3O5S/c16-11-2-1-8-4-15(6-10(8)11)21(19,20)9-3-13-14(5-9)7-12(17)18/h3,5,8,10-11,16H,1-2,4,6-7H2,(H,17,18). The van der Waals surface area contributed by atoms with E-state index in [1.165, 1.54) is 16.7 Å². The monoisotopic (exact) mass is 315 g/mol. The van der Waals surface area contributed by atoms with Gasteiger partial charge in [-0.2, -0.15) is 9.40 Å². The Morgan fingerprint density at radius 3 is 2.81 bits per heavy atom. The molecule has 0 bridgehead atoms. The Hall–Kier alpha value is -1.45. The topological polar surface area (TPSA) is 113 Å². The average molecular weight is 315 g/mol. The fourth-order valence-electron chi connectivity index (χ4n) is 3.24. The first-order valence-corrected chi connectivity index (χ1v) is 8.24. The highest BCUT2D eigenvalue weighted by atomic mass is 32.2. The van der Waals surface area contributed by atoms with Crippen molar-refractivity contribution in [3.63, 3.8) is 0 Å². The third-order valence-corrected chi connectivity index (χ3v) is 6.11. The quantitative estimate of drug-likeness (QED) is 0.764. The van der Waals surface area contributed by atoms with Crippen molar-refractivity contribution in [3.8, 4) is 0 Å². The molecular weight excluding hydrogens is 298 g/mol. The van der Waals surface area contributed by atoms with Crippen molar-refractivity contribution in [3.05, 3.63) is 12.4 Å². The Labute approximate surface area is 122 Å². The van der Waals surface area contributed by atoms with Crippen LogP contribution in [0.5, 0.6) is 0 Å². The molecule has 3 rings (SSSR count). The normalized spacial score (nSPS) is 29.7. The molecule has 0 amide bonds. The lowest BCUT2D eigenvalue weighted by molar-refractivity contribution is -0.137. The number of hydrogen-bond donors (Lipinski definition) is 2. The lowest BCUT2D eigenvalue weighted by Gasteiger charge is -2.17. The zero-order chi connectivity index (χ0) is 15.2. The number of carboxylic acid groups (broad SMARTS) is 1. The summed E-state index contributed by atoms with van der Waals surface area (Å²) in [5, 5.41) is 22.3. The molecule has 2 fully saturated rings. The molecule has 1 aromatic heterocycles. The molecule has 21 heavy (non-hydrogen) atoms. The zero-order valence-electron chi connectivity index (χ0n) is 11.3. The minimum atomic E-state index is -3.67. The van der Waals surface area contributed by atoms with E-state index in [9.17, 15) is 18.3 Å². The Morgan fingerprint density at radius 2 is 2.14 bits per heavy atom. The summed E-state index contributed by atoms with van der Waals surface area (Å²) in [6.45, 7) is 0.353. The van der Waals surface area contributed by atoms with Gasteiger partial charge in [0.15, 0.2) is 0 Å². The van der Waals surface area contributed by atoms with Gasteiger partial charge in [0.2, 0.25) is 10.0 Å². The summed E-state index contributed by atoms with van der Waals surface area (Å²) < 4.78 is 27.5. The maximum atomic E-state index is 12.5. The minimum absolute atomic E-state index is 0.00165. The van der Waals surface area contributed by atoms with Crippen molar-refractivity contribution < 1.29 is 23.4 Å². The van der Waals surface area contributed by atoms with Gasteiger partial charge in [-0.1, -0.05) is 0 Å². The van der Waals surface area contributed by atoms with Crippen LogP contribution in [0.15, 0.2) is 17.3 Å². The van der Waals surface area contributed by atoms with Gasteiger partial charge in [-0.25, -0.2) is 8.42 Å². The van der Waals surface area contributed by atoms with Crippen LogP contribution in [-0.4, -0.2) is 57.9 Å². The molecule has 1 aliphatic carbocycles. The first-order chi connectivity index (χ1) is 9.88. The van der Waals surface area contributed by atoms with Gasteiger partial charge < -0.3 is 10.2 Å². The Morgan fingerprint density at radius 1 is 1.38 bits per heavy atom. The average Bonchev–Trinajstić information content (AvgIpc) is 3.06. The molecule has 3 atom stereocenters. The first kappa shape index (κ1) is 14.5. The van der Waals surface area contributed by atoms with Crippen LogP contribution in [0.25, 0.3) is 0 Å². The number of aliphatic hydroxyl groups is 1. The van der Waals surface area contributed by atoms with E-state index in [2.05, 4.69) is 5.10 Å². The molecule has 2 N–H and O–H groups in total. The van der Waals surface area contributed by atoms with E-state index >= 15 is 0 Å². The van der Waals surface area contributed by atoms with Crippen LogP contribution in [0.3, 0.4) is 0 Å². The van der Waals surface area contributed by atoms with Crippen LogP contribution < -0.4 is 0 Å². The van der Waals surface area contributed by atoms with Crippen molar-refractivity contribution in [1.82, 2.24) is 14.1 Å². The number of aliphatic hydroxyl groups excluding tert-OH is 1. The van der Waals surface area contributed by atoms with Gasteiger partial charge in [0, 0.05) is 25.2 Å². The van der Waals surface area contributed by atoms with E-state index in [1.807, 2.05) is 0 Å². The van der Waals surface area contributed by atoms with Gasteiger partial charge in [-0.05, 0) is 18.8 Å². The fraction of sp³-hybridized carbons (Fsp3) is 0.667. The third kappa shape index (κ3) is 2.56. The maximum Gasteiger partial charge on any atom is 0.325 e. The second-order valence-electron chi connectivity index (χ2n) is 5.66. The van der Waals surface area contributed by atoms with Gasteiger partial charge in [0.25, 0.3) is 0 Å². The number of hydrogen-bond acceptors (Lipinski definition) is 5. The van der Waals surface area contributed by atoms with E-state index in [1.54, 1.807) is 0 Å². The number of rotatable bonds is 4. The van der Waals surface area contributed by atoms with Crippen molar-refractivity contribution in [2.75, 3.05) is 13.1 Å². The number of nitrogens with zero attached hydrogens (tertiary/aromatic N) is 3. The molecule has 1 aromatic rings. The summed E-state index contributed by atoms with van der Waals surface area (Å²) in [4.78, 5) is 10.6. The first-order valence-electron chi connectivity index (χ1n) is 6.80. The molecule has 2 heterocycles. The Bertz CT molecular complexity index is 656. The molecule has 116 valence electrons. The predicted octanol–water partition coefficient (Wildman–Crippen LogP) is -0.641. The highest BCUT2D eigenvalue weighted by molar-refractivity contribution is 7.89. The second kappa shape index (κ2) is 5.08. The summed E-state index contributed by atoms with van der Waals surface area (Å²) in [6.07, 6.45) is 3.55. The van der Waals surface area contributed by atoms with Crippen LogP contribution in [0.2, 0.25) is 0 Å². The van der Waals surface area contributed by atoms with Crippen LogP contribution in [-0.2, 0) is 21.4 Å². The van der Waals surface area contributed by atoms with E-state index in [0.717, 1.165) is 17.5 Å². The number of aromatic nitrogens is 2. The van der Waals surface area contributed by atoms with Gasteiger partial charge in [0.05, 0.1) is 12.3 Å². The molecule has 0 spiro atoms. The van der Waals surface area contributed by atoms with E-state index in [-0.39, 0.29) is 23.3 Å². The van der Waals surface area contributed by atoms with Crippen molar-refractivity contribution >= 4 is 16.0 Å². The maximum absolute atomic E-state index is 12.5. The molecule has 3 unspecified atom stereocenters. The molecule has 1 saturated heterocycles. The van der Waals surface area contributed by atoms with Crippen LogP contribution in [0, 0.1) is 11.8 Å². The number of fused-ring (bicyclic) bond motifs is 1. The largest absolute Gasteiger partial charge is 0.480 e. The summed E-state index contributed by atoms with van der Waals surface area (Å²) >= 11 is 0. The molecule has 9 heteroatoms. The number of sulfonamides is 1. The van der Waals surface area contributed by atoms with Crippen LogP contribution >= 0.6 is 0 Å². The molecule has 1 saturated carbocycles. The molecular formula is C12H17N3O5S. The van der Waals surface area contributed by atoms with Gasteiger partial charge >= 0.3 is 5.97 Å². The number of carbonyl (C=O) groups is 1. The zero-order valence-corrected chi connectivity index (χ0v) is 12.1. The van der Waals surface area contributed by atoms with Crippen molar-refractivity contribution in [2.24, 2.45) is 11.8 Å². The van der Waals surface area contributed by atoms with E-state index < -0.39 is 22.1 Å². The molecule has 1 aliphatic heterocycles. The lowest BCUT2D eigenvalue weighted by atomic mass is 10.00. The Balaban J connectivity index is 1.78. The summed E-state index contributed by atoms with van der Waals surface area (Å²) in [7, 11) is -3.67. The lowest BCUT2D eigenvalue weighted by Crippen LogP contribution is -2.31. The fourth-order valence-corrected chi connectivity index (χ4v) is 4.73. The van der Waals surface area contributed by atoms with Crippen molar-refractivity contribution in [1.29, 1.82) is 0 Å². The predicted molar refractivity (Wildman–Crippen MR) is 70.8 cm³/mol. The summed E-state index contributed by atoms with van der Waals surface area (Å²) in [6, 6.07) is 0. The molecule has 0 aromatic carbocycles. The number of carboxylic acids is 1. The van der Waals surface area contributed by atoms with E-state index in [0.29, 0.717) is 13.1 Å². The number of aliphatic carboxylic acids is 1. The third-order valence-electron chi connectivity index (χ3n) is 4.33. The molecule has 0 radical (unpaired) electrons. The smallest absolute Gasteiger partial charge is 0.325 e. The summed E-state index contributed by atoms with van der Waals surface area (Å²) in [5.74, 6) is -0.862. The van der Waals surface area contributed by atoms with Gasteiger partial charge in [-0.15, -0.1) is 0 Å². The van der Waals surface area contributed by atoms with Gasteiger partial charge in [-0.3, -0.25) is 9.48 Å². The minimum Gasteiger partial charge on any atom is -0.480 e. The molecule has 8 nitrogen and oxygen atoms in total.